The molecular weight excluding hydrogens is 262 g/mol. The standard InChI is InChI=1S/C17H29N3O/c1-3-5-13-20(15-9-7-6-8-10-15)14-11-16(17(18)21)19-12-4-2/h6-10,16,19H,3-5,11-14H2,1-2H3,(H2,18,21). The molecule has 21 heavy (non-hydrogen) atoms. The second-order valence-corrected chi connectivity index (χ2v) is 5.37. The van der Waals surface area contributed by atoms with Gasteiger partial charge in [0.2, 0.25) is 5.91 Å². The van der Waals surface area contributed by atoms with Crippen LogP contribution in [0.15, 0.2) is 30.3 Å². The van der Waals surface area contributed by atoms with Crippen LogP contribution >= 0.6 is 0 Å². The number of nitrogens with zero attached hydrogens (tertiary/aromatic N) is 1. The SMILES string of the molecule is CCCCN(CCC(NCCC)C(N)=O)c1ccccc1. The van der Waals surface area contributed by atoms with Crippen LogP contribution in [-0.4, -0.2) is 31.6 Å². The Hall–Kier alpha value is -1.55. The molecule has 0 bridgehead atoms. The third-order valence-electron chi connectivity index (χ3n) is 3.57. The zero-order valence-electron chi connectivity index (χ0n) is 13.3. The lowest BCUT2D eigenvalue weighted by Gasteiger charge is -2.26. The molecule has 0 heterocycles. The number of amides is 1. The predicted octanol–water partition coefficient (Wildman–Crippen LogP) is 2.54. The Labute approximate surface area is 128 Å². The van der Waals surface area contributed by atoms with Crippen molar-refractivity contribution in [2.45, 2.75) is 45.6 Å². The van der Waals surface area contributed by atoms with Gasteiger partial charge in [0.1, 0.15) is 0 Å². The number of hydrogen-bond donors (Lipinski definition) is 2. The molecule has 0 aliphatic heterocycles. The fourth-order valence-corrected chi connectivity index (χ4v) is 2.31. The summed E-state index contributed by atoms with van der Waals surface area (Å²) in [6.45, 7) is 6.96. The summed E-state index contributed by atoms with van der Waals surface area (Å²) in [5, 5.41) is 3.23. The highest BCUT2D eigenvalue weighted by Gasteiger charge is 2.16. The van der Waals surface area contributed by atoms with E-state index in [4.69, 9.17) is 5.73 Å². The normalized spacial score (nSPS) is 12.1. The second kappa shape index (κ2) is 10.2. The summed E-state index contributed by atoms with van der Waals surface area (Å²) in [5.74, 6) is -0.257. The van der Waals surface area contributed by atoms with Crippen molar-refractivity contribution in [3.63, 3.8) is 0 Å². The average Bonchev–Trinajstić information content (AvgIpc) is 2.50. The van der Waals surface area contributed by atoms with Crippen LogP contribution in [0.5, 0.6) is 0 Å². The molecule has 118 valence electrons. The topological polar surface area (TPSA) is 58.4 Å². The summed E-state index contributed by atoms with van der Waals surface area (Å²) >= 11 is 0. The molecule has 0 fully saturated rings. The van der Waals surface area contributed by atoms with Gasteiger partial charge in [0.15, 0.2) is 0 Å². The van der Waals surface area contributed by atoms with Gasteiger partial charge in [-0.3, -0.25) is 4.79 Å². The largest absolute Gasteiger partial charge is 0.371 e. The molecule has 0 spiro atoms. The quantitative estimate of drug-likeness (QED) is 0.658. The van der Waals surface area contributed by atoms with E-state index < -0.39 is 0 Å². The number of nitrogens with one attached hydrogen (secondary N) is 1. The number of unbranched alkanes of at least 4 members (excludes halogenated alkanes) is 1. The van der Waals surface area contributed by atoms with Gasteiger partial charge in [0.25, 0.3) is 0 Å². The van der Waals surface area contributed by atoms with Gasteiger partial charge >= 0.3 is 0 Å². The second-order valence-electron chi connectivity index (χ2n) is 5.37. The van der Waals surface area contributed by atoms with E-state index >= 15 is 0 Å². The third kappa shape index (κ3) is 6.63. The van der Waals surface area contributed by atoms with Crippen LogP contribution < -0.4 is 16.0 Å². The van der Waals surface area contributed by atoms with Crippen LogP contribution in [0.4, 0.5) is 5.69 Å². The van der Waals surface area contributed by atoms with Gasteiger partial charge < -0.3 is 16.0 Å². The molecule has 1 aromatic carbocycles. The van der Waals surface area contributed by atoms with Crippen molar-refractivity contribution in [2.75, 3.05) is 24.5 Å². The average molecular weight is 291 g/mol. The Bertz CT molecular complexity index is 394. The van der Waals surface area contributed by atoms with Gasteiger partial charge in [0.05, 0.1) is 6.04 Å². The number of hydrogen-bond acceptors (Lipinski definition) is 3. The van der Waals surface area contributed by atoms with Gasteiger partial charge in [-0.15, -0.1) is 0 Å². The van der Waals surface area contributed by atoms with Crippen molar-refractivity contribution in [3.8, 4) is 0 Å². The van der Waals surface area contributed by atoms with Crippen LogP contribution in [0.25, 0.3) is 0 Å². The molecule has 0 saturated heterocycles. The monoisotopic (exact) mass is 291 g/mol. The van der Waals surface area contributed by atoms with E-state index in [1.54, 1.807) is 0 Å². The molecule has 1 atom stereocenters. The van der Waals surface area contributed by atoms with Crippen LogP contribution in [0.3, 0.4) is 0 Å². The minimum Gasteiger partial charge on any atom is -0.371 e. The number of carbonyl (C=O) groups is 1. The molecule has 4 heteroatoms. The smallest absolute Gasteiger partial charge is 0.234 e. The molecule has 1 aromatic rings. The lowest BCUT2D eigenvalue weighted by atomic mass is 10.1. The van der Waals surface area contributed by atoms with E-state index in [0.29, 0.717) is 0 Å². The summed E-state index contributed by atoms with van der Waals surface area (Å²) in [7, 11) is 0. The molecule has 0 saturated carbocycles. The lowest BCUT2D eigenvalue weighted by Crippen LogP contribution is -2.44. The van der Waals surface area contributed by atoms with E-state index in [1.807, 2.05) is 6.07 Å². The molecule has 3 N–H and O–H groups in total. The highest BCUT2D eigenvalue weighted by atomic mass is 16.1. The maximum atomic E-state index is 11.5. The van der Waals surface area contributed by atoms with Gasteiger partial charge in [-0.25, -0.2) is 0 Å². The van der Waals surface area contributed by atoms with Crippen LogP contribution in [0, 0.1) is 0 Å². The maximum Gasteiger partial charge on any atom is 0.234 e. The number of primary amides is 1. The van der Waals surface area contributed by atoms with Crippen molar-refractivity contribution in [3.05, 3.63) is 30.3 Å². The summed E-state index contributed by atoms with van der Waals surface area (Å²) in [6.07, 6.45) is 4.06. The Morgan fingerprint density at radius 2 is 1.90 bits per heavy atom. The Morgan fingerprint density at radius 3 is 2.48 bits per heavy atom. The molecule has 1 rings (SSSR count). The van der Waals surface area contributed by atoms with Crippen molar-refractivity contribution >= 4 is 11.6 Å². The summed E-state index contributed by atoms with van der Waals surface area (Å²) < 4.78 is 0. The van der Waals surface area contributed by atoms with E-state index in [2.05, 4.69) is 48.3 Å². The minimum atomic E-state index is -0.257. The summed E-state index contributed by atoms with van der Waals surface area (Å²) in [6, 6.07) is 10.1. The third-order valence-corrected chi connectivity index (χ3v) is 3.57. The molecule has 1 amide bonds. The van der Waals surface area contributed by atoms with Crippen molar-refractivity contribution < 1.29 is 4.79 Å². The zero-order chi connectivity index (χ0) is 15.5. The first-order chi connectivity index (χ1) is 10.2. The van der Waals surface area contributed by atoms with Gasteiger partial charge in [-0.2, -0.15) is 0 Å². The summed E-state index contributed by atoms with van der Waals surface area (Å²) in [5.41, 5.74) is 6.70. The van der Waals surface area contributed by atoms with Crippen LogP contribution in [0.1, 0.15) is 39.5 Å². The Kier molecular flexibility index (Phi) is 8.51. The molecule has 1 unspecified atom stereocenters. The predicted molar refractivity (Wildman–Crippen MR) is 89.5 cm³/mol. The molecule has 0 radical (unpaired) electrons. The van der Waals surface area contributed by atoms with Crippen LogP contribution in [-0.2, 0) is 4.79 Å². The van der Waals surface area contributed by atoms with Crippen molar-refractivity contribution in [1.82, 2.24) is 5.32 Å². The summed E-state index contributed by atoms with van der Waals surface area (Å²) in [4.78, 5) is 13.8. The number of carbonyl (C=O) groups excluding carboxylic acids is 1. The maximum absolute atomic E-state index is 11.5. The Balaban J connectivity index is 2.61. The van der Waals surface area contributed by atoms with Crippen molar-refractivity contribution in [2.24, 2.45) is 5.73 Å². The number of benzene rings is 1. The first kappa shape index (κ1) is 17.5. The first-order valence-corrected chi connectivity index (χ1v) is 8.01. The van der Waals surface area contributed by atoms with E-state index in [9.17, 15) is 4.79 Å². The van der Waals surface area contributed by atoms with Gasteiger partial charge in [-0.05, 0) is 37.9 Å². The highest BCUT2D eigenvalue weighted by Crippen LogP contribution is 2.15. The minimum absolute atomic E-state index is 0.238. The Morgan fingerprint density at radius 1 is 1.19 bits per heavy atom. The number of nitrogens with two attached hydrogens (primary N) is 1. The molecule has 0 aromatic heterocycles. The van der Waals surface area contributed by atoms with E-state index in [-0.39, 0.29) is 11.9 Å². The number of anilines is 1. The van der Waals surface area contributed by atoms with E-state index in [1.165, 1.54) is 5.69 Å². The van der Waals surface area contributed by atoms with E-state index in [0.717, 1.165) is 45.3 Å². The van der Waals surface area contributed by atoms with Gasteiger partial charge in [-0.1, -0.05) is 38.5 Å². The molecule has 4 nitrogen and oxygen atoms in total. The molecule has 0 aliphatic rings. The fourth-order valence-electron chi connectivity index (χ4n) is 2.31. The van der Waals surface area contributed by atoms with Crippen molar-refractivity contribution in [1.29, 1.82) is 0 Å². The molecule has 0 aliphatic carbocycles. The fraction of sp³-hybridized carbons (Fsp3) is 0.588. The number of para-hydroxylation sites is 1. The first-order valence-electron chi connectivity index (χ1n) is 8.01. The van der Waals surface area contributed by atoms with Crippen LogP contribution in [0.2, 0.25) is 0 Å². The zero-order valence-corrected chi connectivity index (χ0v) is 13.3. The molecular formula is C17H29N3O. The number of rotatable bonds is 11. The van der Waals surface area contributed by atoms with Gasteiger partial charge in [0, 0.05) is 18.8 Å². The highest BCUT2D eigenvalue weighted by molar-refractivity contribution is 5.79. The lowest BCUT2D eigenvalue weighted by molar-refractivity contribution is -0.120.